The van der Waals surface area contributed by atoms with E-state index >= 15 is 0 Å². The molecule has 0 amide bonds. The molecule has 1 aromatic heterocycles. The number of rotatable bonds is 3. The Kier molecular flexibility index (Phi) is 3.08. The topological polar surface area (TPSA) is 84.0 Å². The molecule has 0 N–H and O–H groups in total. The number of pyridine rings is 1. The van der Waals surface area contributed by atoms with Crippen LogP contribution in [0.15, 0.2) is 28.4 Å². The maximum atomic E-state index is 10.3. The van der Waals surface area contributed by atoms with Gasteiger partial charge in [0.25, 0.3) is 5.96 Å². The fourth-order valence-electron chi connectivity index (χ4n) is 1.49. The third kappa shape index (κ3) is 2.83. The predicted molar refractivity (Wildman–Crippen MR) is 62.3 cm³/mol. The minimum absolute atomic E-state index is 0.135. The highest BCUT2D eigenvalue weighted by Crippen LogP contribution is 2.08. The summed E-state index contributed by atoms with van der Waals surface area (Å²) in [6, 6.07) is 3.83. The van der Waals surface area contributed by atoms with Gasteiger partial charge in [-0.05, 0) is 18.6 Å². The summed E-state index contributed by atoms with van der Waals surface area (Å²) in [6.45, 7) is 2.95. The Morgan fingerprint density at radius 2 is 2.41 bits per heavy atom. The molecule has 0 atom stereocenters. The zero-order valence-electron chi connectivity index (χ0n) is 9.28. The van der Waals surface area contributed by atoms with Gasteiger partial charge in [0.15, 0.2) is 5.03 Å². The molecular formula is C10H11N5O2. The van der Waals surface area contributed by atoms with E-state index in [-0.39, 0.29) is 5.96 Å². The Morgan fingerprint density at radius 3 is 3.06 bits per heavy atom. The molecule has 0 fully saturated rings. The highest BCUT2D eigenvalue weighted by atomic mass is 16.7. The van der Waals surface area contributed by atoms with E-state index in [4.69, 9.17) is 0 Å². The van der Waals surface area contributed by atoms with Crippen LogP contribution in [-0.4, -0.2) is 33.6 Å². The van der Waals surface area contributed by atoms with Gasteiger partial charge in [-0.25, -0.2) is 15.1 Å². The molecule has 1 aliphatic heterocycles. The molecule has 0 radical (unpaired) electrons. The van der Waals surface area contributed by atoms with Gasteiger partial charge in [-0.2, -0.15) is 0 Å². The van der Waals surface area contributed by atoms with Gasteiger partial charge >= 0.3 is 0 Å². The van der Waals surface area contributed by atoms with E-state index in [0.717, 1.165) is 11.3 Å². The summed E-state index contributed by atoms with van der Waals surface area (Å²) in [4.78, 5) is 20.0. The van der Waals surface area contributed by atoms with Crippen LogP contribution in [0.25, 0.3) is 0 Å². The van der Waals surface area contributed by atoms with Crippen LogP contribution in [0, 0.1) is 17.0 Å². The van der Waals surface area contributed by atoms with E-state index in [0.29, 0.717) is 13.1 Å². The molecule has 7 heteroatoms. The van der Waals surface area contributed by atoms with Gasteiger partial charge in [-0.3, -0.25) is 4.98 Å². The van der Waals surface area contributed by atoms with Crippen molar-refractivity contribution in [2.75, 3.05) is 6.54 Å². The van der Waals surface area contributed by atoms with Crippen LogP contribution in [0.5, 0.6) is 0 Å². The van der Waals surface area contributed by atoms with Gasteiger partial charge in [0.1, 0.15) is 5.10 Å². The molecule has 0 aliphatic carbocycles. The third-order valence-corrected chi connectivity index (χ3v) is 2.31. The van der Waals surface area contributed by atoms with Gasteiger partial charge in [-0.1, -0.05) is 6.07 Å². The van der Waals surface area contributed by atoms with Gasteiger partial charge in [0, 0.05) is 24.7 Å². The van der Waals surface area contributed by atoms with E-state index < -0.39 is 5.03 Å². The third-order valence-electron chi connectivity index (χ3n) is 2.31. The summed E-state index contributed by atoms with van der Waals surface area (Å²) in [5, 5.41) is 12.8. The molecule has 0 saturated heterocycles. The van der Waals surface area contributed by atoms with Crippen LogP contribution < -0.4 is 0 Å². The van der Waals surface area contributed by atoms with E-state index in [1.165, 1.54) is 0 Å². The molecule has 1 aromatic rings. The lowest BCUT2D eigenvalue weighted by Crippen LogP contribution is -2.26. The fourth-order valence-corrected chi connectivity index (χ4v) is 1.49. The fraction of sp³-hybridized carbons (Fsp3) is 0.300. The van der Waals surface area contributed by atoms with Gasteiger partial charge < -0.3 is 4.90 Å². The lowest BCUT2D eigenvalue weighted by Gasteiger charge is -2.14. The zero-order chi connectivity index (χ0) is 12.3. The van der Waals surface area contributed by atoms with Crippen molar-refractivity contribution in [2.45, 2.75) is 13.5 Å². The van der Waals surface area contributed by atoms with Gasteiger partial charge in [0.2, 0.25) is 0 Å². The number of hydrogen-bond acceptors (Lipinski definition) is 3. The Balaban J connectivity index is 2.09. The average Bonchev–Trinajstić information content (AvgIpc) is 2.68. The highest BCUT2D eigenvalue weighted by Gasteiger charge is 2.18. The number of aliphatic imine (C=N–C) groups is 1. The standard InChI is InChI=1S/C10H11N5O2/c1-8-2-3-9(6-12-8)7-14-5-4-11-10(14)13-15(16)17/h2-4,6H,5,7H2,1H3/b13-10+. The lowest BCUT2D eigenvalue weighted by molar-refractivity contribution is -0.485. The number of nitro groups is 1. The second-order valence-corrected chi connectivity index (χ2v) is 3.64. The van der Waals surface area contributed by atoms with Crippen LogP contribution in [0.4, 0.5) is 0 Å². The predicted octanol–water partition coefficient (Wildman–Crippen LogP) is 0.824. The van der Waals surface area contributed by atoms with Crippen LogP contribution in [0.1, 0.15) is 11.3 Å². The Hall–Kier alpha value is -2.31. The number of hydrazone groups is 1. The normalized spacial score (nSPS) is 16.8. The molecule has 0 aromatic carbocycles. The first kappa shape index (κ1) is 11.2. The Labute approximate surface area is 97.6 Å². The maximum absolute atomic E-state index is 10.3. The number of aromatic nitrogens is 1. The zero-order valence-corrected chi connectivity index (χ0v) is 9.28. The smallest absolute Gasteiger partial charge is 0.297 e. The molecule has 2 heterocycles. The molecule has 0 saturated carbocycles. The second-order valence-electron chi connectivity index (χ2n) is 3.64. The van der Waals surface area contributed by atoms with Gasteiger partial charge in [-0.15, -0.1) is 0 Å². The number of guanidine groups is 1. The summed E-state index contributed by atoms with van der Waals surface area (Å²) >= 11 is 0. The first-order valence-corrected chi connectivity index (χ1v) is 5.07. The summed E-state index contributed by atoms with van der Waals surface area (Å²) in [5.41, 5.74) is 1.91. The Morgan fingerprint density at radius 1 is 1.59 bits per heavy atom. The molecule has 17 heavy (non-hydrogen) atoms. The second kappa shape index (κ2) is 4.69. The molecule has 1 aliphatic rings. The molecule has 2 rings (SSSR count). The van der Waals surface area contributed by atoms with Crippen molar-refractivity contribution in [1.29, 1.82) is 0 Å². The maximum Gasteiger partial charge on any atom is 0.297 e. The van der Waals surface area contributed by atoms with Crippen molar-refractivity contribution in [3.8, 4) is 0 Å². The first-order valence-electron chi connectivity index (χ1n) is 5.07. The van der Waals surface area contributed by atoms with Crippen molar-refractivity contribution in [3.05, 3.63) is 39.7 Å². The average molecular weight is 233 g/mol. The van der Waals surface area contributed by atoms with Crippen LogP contribution in [0.2, 0.25) is 0 Å². The number of aryl methyl sites for hydroxylation is 1. The van der Waals surface area contributed by atoms with Crippen LogP contribution in [0.3, 0.4) is 0 Å². The minimum Gasteiger partial charge on any atom is -0.326 e. The van der Waals surface area contributed by atoms with Crippen LogP contribution >= 0.6 is 0 Å². The summed E-state index contributed by atoms with van der Waals surface area (Å²) in [7, 11) is 0. The van der Waals surface area contributed by atoms with Crippen molar-refractivity contribution in [3.63, 3.8) is 0 Å². The number of nitrogens with zero attached hydrogens (tertiary/aromatic N) is 5. The molecule has 7 nitrogen and oxygen atoms in total. The first-order chi connectivity index (χ1) is 8.15. The monoisotopic (exact) mass is 233 g/mol. The SMILES string of the molecule is Cc1ccc(CN2CC=N/C2=N\[N+](=O)[O-])cn1. The summed E-state index contributed by atoms with van der Waals surface area (Å²) in [6.07, 6.45) is 3.35. The van der Waals surface area contributed by atoms with E-state index in [1.807, 2.05) is 19.1 Å². The molecule has 0 bridgehead atoms. The summed E-state index contributed by atoms with van der Waals surface area (Å²) < 4.78 is 0. The largest absolute Gasteiger partial charge is 0.326 e. The van der Waals surface area contributed by atoms with Crippen molar-refractivity contribution in [1.82, 2.24) is 9.88 Å². The summed E-state index contributed by atoms with van der Waals surface area (Å²) in [5.74, 6) is 0.135. The van der Waals surface area contributed by atoms with Crippen molar-refractivity contribution in [2.24, 2.45) is 10.1 Å². The van der Waals surface area contributed by atoms with Crippen molar-refractivity contribution >= 4 is 12.2 Å². The van der Waals surface area contributed by atoms with Crippen LogP contribution in [-0.2, 0) is 6.54 Å². The van der Waals surface area contributed by atoms with Crippen molar-refractivity contribution < 1.29 is 5.03 Å². The Bertz CT molecular complexity index is 480. The highest BCUT2D eigenvalue weighted by molar-refractivity contribution is 5.93. The van der Waals surface area contributed by atoms with E-state index in [2.05, 4.69) is 15.1 Å². The van der Waals surface area contributed by atoms with E-state index in [9.17, 15) is 10.1 Å². The molecule has 88 valence electrons. The quantitative estimate of drug-likeness (QED) is 0.571. The number of hydrogen-bond donors (Lipinski definition) is 0. The molecule has 0 unspecified atom stereocenters. The van der Waals surface area contributed by atoms with E-state index in [1.54, 1.807) is 17.3 Å². The minimum atomic E-state index is -0.738. The lowest BCUT2D eigenvalue weighted by atomic mass is 10.2. The van der Waals surface area contributed by atoms with Gasteiger partial charge in [0.05, 0.1) is 6.54 Å². The molecular weight excluding hydrogens is 222 g/mol. The molecule has 0 spiro atoms.